The van der Waals surface area contributed by atoms with E-state index in [1.165, 1.54) is 31.4 Å². The van der Waals surface area contributed by atoms with Gasteiger partial charge in [-0.05, 0) is 37.0 Å². The zero-order valence-corrected chi connectivity index (χ0v) is 11.1. The van der Waals surface area contributed by atoms with E-state index in [4.69, 9.17) is 5.73 Å². The molecule has 1 aromatic heterocycles. The maximum atomic E-state index is 5.60. The molecule has 5 heteroatoms. The molecule has 1 heterocycles. The summed E-state index contributed by atoms with van der Waals surface area (Å²) in [4.78, 5) is 0. The van der Waals surface area contributed by atoms with E-state index in [2.05, 4.69) is 10.2 Å². The summed E-state index contributed by atoms with van der Waals surface area (Å²) >= 11 is 1.85. The number of nitrogens with zero attached hydrogens (tertiary/aromatic N) is 3. The molecule has 4 nitrogen and oxygen atoms in total. The third-order valence-corrected chi connectivity index (χ3v) is 5.63. The van der Waals surface area contributed by atoms with Gasteiger partial charge in [-0.25, -0.2) is 0 Å². The standard InChI is InChI=1S/C12H20N4S/c1-16-11(6-13)14-15-12(16)17-7-10-5-8-2-3-9(10)4-8/h8-10H,2-7,13H2,1H3. The van der Waals surface area contributed by atoms with Crippen molar-refractivity contribution in [2.75, 3.05) is 5.75 Å². The van der Waals surface area contributed by atoms with Gasteiger partial charge in [0.2, 0.25) is 0 Å². The Bertz CT molecular complexity index is 403. The Balaban J connectivity index is 1.59. The lowest BCUT2D eigenvalue weighted by atomic mass is 9.90. The number of fused-ring (bicyclic) bond motifs is 2. The molecule has 2 aliphatic rings. The smallest absolute Gasteiger partial charge is 0.190 e. The summed E-state index contributed by atoms with van der Waals surface area (Å²) in [6.07, 6.45) is 5.87. The number of hydrogen-bond acceptors (Lipinski definition) is 4. The van der Waals surface area contributed by atoms with Crippen LogP contribution in [0.15, 0.2) is 5.16 Å². The molecule has 0 amide bonds. The highest BCUT2D eigenvalue weighted by molar-refractivity contribution is 7.99. The number of aromatic nitrogens is 3. The molecule has 2 N–H and O–H groups in total. The van der Waals surface area contributed by atoms with Gasteiger partial charge in [0.1, 0.15) is 5.82 Å². The normalized spacial score (nSPS) is 31.3. The van der Waals surface area contributed by atoms with E-state index >= 15 is 0 Å². The van der Waals surface area contributed by atoms with Gasteiger partial charge in [0.05, 0.1) is 6.54 Å². The first kappa shape index (κ1) is 11.5. The van der Waals surface area contributed by atoms with Crippen LogP contribution in [-0.2, 0) is 13.6 Å². The summed E-state index contributed by atoms with van der Waals surface area (Å²) in [6, 6.07) is 0. The average Bonchev–Trinajstić information content (AvgIpc) is 3.01. The van der Waals surface area contributed by atoms with Crippen LogP contribution in [0, 0.1) is 17.8 Å². The van der Waals surface area contributed by atoms with Crippen LogP contribution in [0.25, 0.3) is 0 Å². The van der Waals surface area contributed by atoms with Gasteiger partial charge in [-0.3, -0.25) is 0 Å². The van der Waals surface area contributed by atoms with Crippen molar-refractivity contribution < 1.29 is 0 Å². The van der Waals surface area contributed by atoms with Crippen molar-refractivity contribution in [3.63, 3.8) is 0 Å². The lowest BCUT2D eigenvalue weighted by molar-refractivity contribution is 0.365. The topological polar surface area (TPSA) is 56.7 Å². The molecule has 2 saturated carbocycles. The lowest BCUT2D eigenvalue weighted by Gasteiger charge is -2.20. The fourth-order valence-electron chi connectivity index (χ4n) is 3.41. The van der Waals surface area contributed by atoms with Crippen molar-refractivity contribution in [3.8, 4) is 0 Å². The summed E-state index contributed by atoms with van der Waals surface area (Å²) in [5.41, 5.74) is 5.60. The molecule has 2 bridgehead atoms. The minimum Gasteiger partial charge on any atom is -0.324 e. The maximum Gasteiger partial charge on any atom is 0.190 e. The van der Waals surface area contributed by atoms with Crippen molar-refractivity contribution in [1.82, 2.24) is 14.8 Å². The highest BCUT2D eigenvalue weighted by atomic mass is 32.2. The Morgan fingerprint density at radius 1 is 1.35 bits per heavy atom. The minimum absolute atomic E-state index is 0.470. The fourth-order valence-corrected chi connectivity index (χ4v) is 4.58. The van der Waals surface area contributed by atoms with E-state index < -0.39 is 0 Å². The van der Waals surface area contributed by atoms with E-state index in [-0.39, 0.29) is 0 Å². The molecule has 94 valence electrons. The monoisotopic (exact) mass is 252 g/mol. The number of rotatable bonds is 4. The number of thioether (sulfide) groups is 1. The van der Waals surface area contributed by atoms with Crippen LogP contribution in [0.5, 0.6) is 0 Å². The lowest BCUT2D eigenvalue weighted by Crippen LogP contribution is -2.13. The van der Waals surface area contributed by atoms with Crippen LogP contribution >= 0.6 is 11.8 Å². The first-order chi connectivity index (χ1) is 8.28. The van der Waals surface area contributed by atoms with Gasteiger partial charge in [-0.2, -0.15) is 0 Å². The second kappa shape index (κ2) is 4.61. The molecule has 3 atom stereocenters. The van der Waals surface area contributed by atoms with Gasteiger partial charge in [0, 0.05) is 12.8 Å². The van der Waals surface area contributed by atoms with Crippen molar-refractivity contribution >= 4 is 11.8 Å². The zero-order chi connectivity index (χ0) is 11.8. The van der Waals surface area contributed by atoms with Gasteiger partial charge in [0.15, 0.2) is 5.16 Å². The van der Waals surface area contributed by atoms with Gasteiger partial charge >= 0.3 is 0 Å². The van der Waals surface area contributed by atoms with E-state index in [1.807, 2.05) is 23.4 Å². The number of nitrogens with two attached hydrogens (primary N) is 1. The summed E-state index contributed by atoms with van der Waals surface area (Å²) in [5.74, 6) is 5.02. The summed E-state index contributed by atoms with van der Waals surface area (Å²) < 4.78 is 2.03. The Morgan fingerprint density at radius 3 is 2.82 bits per heavy atom. The Kier molecular flexibility index (Phi) is 3.13. The molecule has 17 heavy (non-hydrogen) atoms. The van der Waals surface area contributed by atoms with Gasteiger partial charge < -0.3 is 10.3 Å². The molecular weight excluding hydrogens is 232 g/mol. The molecule has 0 aromatic carbocycles. The molecule has 3 rings (SSSR count). The van der Waals surface area contributed by atoms with Crippen LogP contribution in [0.1, 0.15) is 31.5 Å². The average molecular weight is 252 g/mol. The Hall–Kier alpha value is -0.550. The zero-order valence-electron chi connectivity index (χ0n) is 10.3. The quantitative estimate of drug-likeness (QED) is 0.830. The Morgan fingerprint density at radius 2 is 2.24 bits per heavy atom. The molecule has 3 unspecified atom stereocenters. The van der Waals surface area contributed by atoms with E-state index in [0.29, 0.717) is 6.54 Å². The molecule has 0 aliphatic heterocycles. The van der Waals surface area contributed by atoms with Crippen LogP contribution in [0.4, 0.5) is 0 Å². The summed E-state index contributed by atoms with van der Waals surface area (Å²) in [7, 11) is 2.01. The van der Waals surface area contributed by atoms with Crippen molar-refractivity contribution in [3.05, 3.63) is 5.82 Å². The molecule has 0 radical (unpaired) electrons. The Labute approximate surface area is 106 Å². The van der Waals surface area contributed by atoms with Gasteiger partial charge in [-0.1, -0.05) is 18.2 Å². The predicted molar refractivity (Wildman–Crippen MR) is 68.6 cm³/mol. The highest BCUT2D eigenvalue weighted by Crippen LogP contribution is 2.49. The maximum absolute atomic E-state index is 5.60. The van der Waals surface area contributed by atoms with E-state index in [9.17, 15) is 0 Å². The fraction of sp³-hybridized carbons (Fsp3) is 0.833. The summed E-state index contributed by atoms with van der Waals surface area (Å²) in [6.45, 7) is 0.470. The largest absolute Gasteiger partial charge is 0.324 e. The van der Waals surface area contributed by atoms with Crippen LogP contribution in [0.3, 0.4) is 0 Å². The van der Waals surface area contributed by atoms with Crippen molar-refractivity contribution in [2.45, 2.75) is 37.4 Å². The minimum atomic E-state index is 0.470. The molecule has 1 aromatic rings. The first-order valence-electron chi connectivity index (χ1n) is 6.49. The van der Waals surface area contributed by atoms with Gasteiger partial charge in [-0.15, -0.1) is 10.2 Å². The SMILES string of the molecule is Cn1c(CN)nnc1SCC1CC2CCC1C2. The third kappa shape index (κ3) is 2.10. The van der Waals surface area contributed by atoms with Crippen LogP contribution < -0.4 is 5.73 Å². The summed E-state index contributed by atoms with van der Waals surface area (Å²) in [5, 5.41) is 9.32. The van der Waals surface area contributed by atoms with Gasteiger partial charge in [0.25, 0.3) is 0 Å². The first-order valence-corrected chi connectivity index (χ1v) is 7.47. The van der Waals surface area contributed by atoms with E-state index in [0.717, 1.165) is 28.7 Å². The number of hydrogen-bond donors (Lipinski definition) is 1. The van der Waals surface area contributed by atoms with Crippen LogP contribution in [0.2, 0.25) is 0 Å². The molecular formula is C12H20N4S. The molecule has 0 saturated heterocycles. The molecule has 2 fully saturated rings. The second-order valence-corrected chi connectivity index (χ2v) is 6.40. The predicted octanol–water partition coefficient (Wildman–Crippen LogP) is 1.80. The molecule has 0 spiro atoms. The second-order valence-electron chi connectivity index (χ2n) is 5.41. The van der Waals surface area contributed by atoms with Crippen molar-refractivity contribution in [2.24, 2.45) is 30.5 Å². The van der Waals surface area contributed by atoms with Crippen LogP contribution in [-0.4, -0.2) is 20.5 Å². The third-order valence-electron chi connectivity index (χ3n) is 4.42. The van der Waals surface area contributed by atoms with Crippen molar-refractivity contribution in [1.29, 1.82) is 0 Å². The van der Waals surface area contributed by atoms with E-state index in [1.54, 1.807) is 0 Å². The molecule has 2 aliphatic carbocycles. The highest BCUT2D eigenvalue weighted by Gasteiger charge is 2.39.